The molecule has 1 heterocycles. The molecule has 7 heteroatoms. The first-order valence-electron chi connectivity index (χ1n) is 8.75. The highest BCUT2D eigenvalue weighted by Crippen LogP contribution is 2.30. The molecule has 0 aromatic carbocycles. The van der Waals surface area contributed by atoms with Crippen LogP contribution in [0.2, 0.25) is 0 Å². The summed E-state index contributed by atoms with van der Waals surface area (Å²) < 4.78 is 31.9. The molecule has 0 aromatic heterocycles. The minimum Gasteiger partial charge on any atom is -0.377 e. The van der Waals surface area contributed by atoms with Crippen LogP contribution in [-0.2, 0) is 19.6 Å². The Kier molecular flexibility index (Phi) is 6.85. The molecule has 1 aliphatic carbocycles. The van der Waals surface area contributed by atoms with Gasteiger partial charge in [-0.3, -0.25) is 4.79 Å². The first-order chi connectivity index (χ1) is 10.9. The number of hydrogen-bond donors (Lipinski definition) is 2. The summed E-state index contributed by atoms with van der Waals surface area (Å²) in [6.45, 7) is 5.27. The van der Waals surface area contributed by atoms with Crippen molar-refractivity contribution >= 4 is 15.9 Å². The monoisotopic (exact) mass is 346 g/mol. The van der Waals surface area contributed by atoms with E-state index in [0.29, 0.717) is 18.4 Å². The number of ether oxygens (including phenoxy) is 1. The Morgan fingerprint density at radius 3 is 2.57 bits per heavy atom. The molecule has 23 heavy (non-hydrogen) atoms. The zero-order valence-corrected chi connectivity index (χ0v) is 15.0. The van der Waals surface area contributed by atoms with E-state index in [1.165, 1.54) is 6.42 Å². The predicted molar refractivity (Wildman–Crippen MR) is 89.5 cm³/mol. The van der Waals surface area contributed by atoms with Crippen molar-refractivity contribution in [1.82, 2.24) is 10.0 Å². The number of rotatable bonds is 7. The van der Waals surface area contributed by atoms with E-state index in [9.17, 15) is 13.2 Å². The molecule has 2 aliphatic rings. The zero-order chi connectivity index (χ0) is 16.9. The van der Waals surface area contributed by atoms with Gasteiger partial charge >= 0.3 is 0 Å². The van der Waals surface area contributed by atoms with Gasteiger partial charge in [-0.2, -0.15) is 0 Å². The van der Waals surface area contributed by atoms with Gasteiger partial charge in [0.25, 0.3) is 0 Å². The Labute approximate surface area is 139 Å². The lowest BCUT2D eigenvalue weighted by Gasteiger charge is -2.34. The van der Waals surface area contributed by atoms with Crippen LogP contribution in [0.15, 0.2) is 0 Å². The molecule has 0 bridgehead atoms. The maximum absolute atomic E-state index is 12.1. The molecule has 134 valence electrons. The number of carbonyl (C=O) groups is 1. The number of hydrogen-bond acceptors (Lipinski definition) is 4. The second-order valence-electron chi connectivity index (χ2n) is 7.11. The Morgan fingerprint density at radius 2 is 1.91 bits per heavy atom. The minimum absolute atomic E-state index is 0.0588. The summed E-state index contributed by atoms with van der Waals surface area (Å²) in [7, 11) is -3.60. The third kappa shape index (κ3) is 6.04. The van der Waals surface area contributed by atoms with Crippen LogP contribution >= 0.6 is 0 Å². The predicted octanol–water partition coefficient (Wildman–Crippen LogP) is 1.42. The fraction of sp³-hybridized carbons (Fsp3) is 0.938. The highest BCUT2D eigenvalue weighted by atomic mass is 32.2. The molecule has 3 atom stereocenters. The minimum atomic E-state index is -3.60. The number of sulfonamides is 1. The third-order valence-corrected chi connectivity index (χ3v) is 6.15. The molecule has 0 radical (unpaired) electrons. The Hall–Kier alpha value is -0.660. The number of nitrogens with one attached hydrogen (secondary N) is 2. The summed E-state index contributed by atoms with van der Waals surface area (Å²) in [6.07, 6.45) is 6.11. The van der Waals surface area contributed by atoms with Crippen LogP contribution in [0.1, 0.15) is 52.4 Å². The maximum Gasteiger partial charge on any atom is 0.236 e. The van der Waals surface area contributed by atoms with Crippen LogP contribution in [0.3, 0.4) is 0 Å². The summed E-state index contributed by atoms with van der Waals surface area (Å²) >= 11 is 0. The van der Waals surface area contributed by atoms with Crippen molar-refractivity contribution < 1.29 is 17.9 Å². The van der Waals surface area contributed by atoms with Crippen molar-refractivity contribution in [3.63, 3.8) is 0 Å². The molecular formula is C16H30N2O4S. The third-order valence-electron chi connectivity index (χ3n) is 4.90. The van der Waals surface area contributed by atoms with Crippen molar-refractivity contribution in [1.29, 1.82) is 0 Å². The van der Waals surface area contributed by atoms with Crippen molar-refractivity contribution in [2.45, 2.75) is 64.5 Å². The number of amides is 1. The van der Waals surface area contributed by atoms with E-state index < -0.39 is 21.7 Å². The Bertz CT molecular complexity index is 486. The van der Waals surface area contributed by atoms with Gasteiger partial charge in [-0.25, -0.2) is 13.1 Å². The Morgan fingerprint density at radius 1 is 1.17 bits per heavy atom. The van der Waals surface area contributed by atoms with E-state index in [2.05, 4.69) is 23.9 Å². The van der Waals surface area contributed by atoms with Crippen molar-refractivity contribution in [3.8, 4) is 0 Å². The van der Waals surface area contributed by atoms with Gasteiger partial charge in [0.15, 0.2) is 0 Å². The van der Waals surface area contributed by atoms with Gasteiger partial charge in [0.05, 0.1) is 6.10 Å². The van der Waals surface area contributed by atoms with E-state index >= 15 is 0 Å². The molecule has 1 amide bonds. The van der Waals surface area contributed by atoms with Gasteiger partial charge in [0, 0.05) is 19.2 Å². The quantitative estimate of drug-likeness (QED) is 0.730. The normalized spacial score (nSPS) is 28.9. The van der Waals surface area contributed by atoms with Gasteiger partial charge in [0.1, 0.15) is 5.75 Å². The SMILES string of the molecule is CC(C)[C@@H]1CCCC[C@H]1NC(=O)CS(=O)(=O)NC[C@@H]1CCCO1. The smallest absolute Gasteiger partial charge is 0.236 e. The average Bonchev–Trinajstić information content (AvgIpc) is 2.98. The van der Waals surface area contributed by atoms with Crippen LogP contribution in [-0.4, -0.2) is 45.4 Å². The van der Waals surface area contributed by atoms with Gasteiger partial charge in [0.2, 0.25) is 15.9 Å². The summed E-state index contributed by atoms with van der Waals surface area (Å²) in [5.41, 5.74) is 0. The molecule has 2 N–H and O–H groups in total. The molecule has 2 rings (SSSR count). The van der Waals surface area contributed by atoms with Crippen LogP contribution in [0.5, 0.6) is 0 Å². The summed E-state index contributed by atoms with van der Waals surface area (Å²) in [4.78, 5) is 12.1. The fourth-order valence-electron chi connectivity index (χ4n) is 3.63. The van der Waals surface area contributed by atoms with Crippen LogP contribution < -0.4 is 10.0 Å². The first-order valence-corrected chi connectivity index (χ1v) is 10.4. The highest BCUT2D eigenvalue weighted by Gasteiger charge is 2.30. The van der Waals surface area contributed by atoms with E-state index in [-0.39, 0.29) is 18.7 Å². The summed E-state index contributed by atoms with van der Waals surface area (Å²) in [6, 6.07) is 0.101. The largest absolute Gasteiger partial charge is 0.377 e. The topological polar surface area (TPSA) is 84.5 Å². The molecule has 0 spiro atoms. The number of carbonyl (C=O) groups excluding carboxylic acids is 1. The lowest BCUT2D eigenvalue weighted by Crippen LogP contribution is -2.47. The van der Waals surface area contributed by atoms with Crippen molar-refractivity contribution in [3.05, 3.63) is 0 Å². The highest BCUT2D eigenvalue weighted by molar-refractivity contribution is 7.90. The van der Waals surface area contributed by atoms with Crippen LogP contribution in [0.25, 0.3) is 0 Å². The fourth-order valence-corrected chi connectivity index (χ4v) is 4.60. The van der Waals surface area contributed by atoms with Gasteiger partial charge in [-0.15, -0.1) is 0 Å². The van der Waals surface area contributed by atoms with Gasteiger partial charge in [-0.05, 0) is 37.5 Å². The maximum atomic E-state index is 12.1. The second-order valence-corrected chi connectivity index (χ2v) is 8.92. The van der Waals surface area contributed by atoms with Gasteiger partial charge in [-0.1, -0.05) is 26.7 Å². The van der Waals surface area contributed by atoms with E-state index in [1.807, 2.05) is 0 Å². The van der Waals surface area contributed by atoms with E-state index in [4.69, 9.17) is 4.74 Å². The summed E-state index contributed by atoms with van der Waals surface area (Å²) in [5.74, 6) is 0.0357. The van der Waals surface area contributed by atoms with E-state index in [1.54, 1.807) is 0 Å². The van der Waals surface area contributed by atoms with Crippen molar-refractivity contribution in [2.24, 2.45) is 11.8 Å². The second kappa shape index (κ2) is 8.44. The molecule has 1 saturated heterocycles. The summed E-state index contributed by atoms with van der Waals surface area (Å²) in [5, 5.41) is 2.95. The standard InChI is InChI=1S/C16H30N2O4S/c1-12(2)14-7-3-4-8-15(14)18-16(19)11-23(20,21)17-10-13-6-5-9-22-13/h12-15,17H,3-11H2,1-2H3,(H,18,19)/t13-,14-,15+/m0/s1. The lowest BCUT2D eigenvalue weighted by atomic mass is 9.78. The van der Waals surface area contributed by atoms with Crippen LogP contribution in [0, 0.1) is 11.8 Å². The molecular weight excluding hydrogens is 316 g/mol. The molecule has 6 nitrogen and oxygen atoms in total. The molecule has 0 unspecified atom stereocenters. The van der Waals surface area contributed by atoms with Gasteiger partial charge < -0.3 is 10.1 Å². The first kappa shape index (κ1) is 18.7. The molecule has 1 saturated carbocycles. The lowest BCUT2D eigenvalue weighted by molar-refractivity contribution is -0.120. The van der Waals surface area contributed by atoms with Crippen molar-refractivity contribution in [2.75, 3.05) is 18.9 Å². The van der Waals surface area contributed by atoms with E-state index in [0.717, 1.165) is 32.1 Å². The average molecular weight is 346 g/mol. The molecule has 0 aromatic rings. The molecule has 1 aliphatic heterocycles. The Balaban J connectivity index is 1.80. The van der Waals surface area contributed by atoms with Crippen LogP contribution in [0.4, 0.5) is 0 Å². The zero-order valence-electron chi connectivity index (χ0n) is 14.2. The molecule has 2 fully saturated rings.